The van der Waals surface area contributed by atoms with Crippen LogP contribution in [-0.4, -0.2) is 37.1 Å². The molecule has 15 heavy (non-hydrogen) atoms. The number of aromatic nitrogens is 1. The maximum Gasteiger partial charge on any atom is 0.126 e. The summed E-state index contributed by atoms with van der Waals surface area (Å²) in [5.74, 6) is 0.960. The van der Waals surface area contributed by atoms with E-state index < -0.39 is 0 Å². The molecule has 1 rings (SSSR count). The quantitative estimate of drug-likeness (QED) is 0.825. The molecule has 1 N–H and O–H groups in total. The van der Waals surface area contributed by atoms with Crippen molar-refractivity contribution in [1.29, 1.82) is 0 Å². The number of hydrogen-bond donors (Lipinski definition) is 1. The van der Waals surface area contributed by atoms with Crippen LogP contribution in [0.25, 0.3) is 0 Å². The normalized spacial score (nSPS) is 9.47. The average molecular weight is 209 g/mol. The van der Waals surface area contributed by atoms with Gasteiger partial charge in [-0.1, -0.05) is 13.8 Å². The van der Waals surface area contributed by atoms with Gasteiger partial charge in [-0.3, -0.25) is 0 Å². The molecule has 0 aliphatic carbocycles. The fraction of sp³-hybridized carbons (Fsp3) is 0.583. The zero-order chi connectivity index (χ0) is 11.7. The van der Waals surface area contributed by atoms with Crippen LogP contribution in [-0.2, 0) is 0 Å². The number of anilines is 1. The van der Waals surface area contributed by atoms with Gasteiger partial charge >= 0.3 is 0 Å². The smallest absolute Gasteiger partial charge is 0.126 e. The van der Waals surface area contributed by atoms with Gasteiger partial charge in [-0.15, -0.1) is 0 Å². The highest BCUT2D eigenvalue weighted by Crippen LogP contribution is 2.04. The SMILES string of the molecule is CC.Cc1ccnc(NCCN(C)C)c1. The summed E-state index contributed by atoms with van der Waals surface area (Å²) in [6.45, 7) is 8.03. The second-order valence-electron chi connectivity index (χ2n) is 3.45. The van der Waals surface area contributed by atoms with Crippen LogP contribution in [0, 0.1) is 6.92 Å². The van der Waals surface area contributed by atoms with Crippen molar-refractivity contribution < 1.29 is 0 Å². The van der Waals surface area contributed by atoms with E-state index in [1.807, 2.05) is 26.1 Å². The lowest BCUT2D eigenvalue weighted by molar-refractivity contribution is 0.425. The van der Waals surface area contributed by atoms with Crippen molar-refractivity contribution in [2.24, 2.45) is 0 Å². The van der Waals surface area contributed by atoms with Gasteiger partial charge < -0.3 is 10.2 Å². The maximum absolute atomic E-state index is 4.21. The zero-order valence-electron chi connectivity index (χ0n) is 10.5. The predicted octanol–water partition coefficient (Wildman–Crippen LogP) is 2.39. The van der Waals surface area contributed by atoms with E-state index in [1.54, 1.807) is 0 Å². The van der Waals surface area contributed by atoms with Crippen molar-refractivity contribution in [3.05, 3.63) is 23.9 Å². The fourth-order valence-corrected chi connectivity index (χ4v) is 1.04. The van der Waals surface area contributed by atoms with E-state index >= 15 is 0 Å². The molecule has 1 aromatic rings. The van der Waals surface area contributed by atoms with Crippen molar-refractivity contribution >= 4 is 5.82 Å². The van der Waals surface area contributed by atoms with Gasteiger partial charge in [0.2, 0.25) is 0 Å². The molecule has 0 unspecified atom stereocenters. The number of nitrogens with zero attached hydrogens (tertiary/aromatic N) is 2. The van der Waals surface area contributed by atoms with Gasteiger partial charge in [-0.05, 0) is 38.7 Å². The van der Waals surface area contributed by atoms with Crippen LogP contribution in [0.5, 0.6) is 0 Å². The second kappa shape index (κ2) is 8.24. The van der Waals surface area contributed by atoms with Crippen LogP contribution >= 0.6 is 0 Å². The third kappa shape index (κ3) is 6.91. The van der Waals surface area contributed by atoms with E-state index in [0.29, 0.717) is 0 Å². The molecule has 0 spiro atoms. The van der Waals surface area contributed by atoms with E-state index in [-0.39, 0.29) is 0 Å². The Morgan fingerprint density at radius 2 is 2.00 bits per heavy atom. The van der Waals surface area contributed by atoms with Crippen molar-refractivity contribution in [2.45, 2.75) is 20.8 Å². The molecular formula is C12H23N3. The number of pyridine rings is 1. The molecule has 0 amide bonds. The summed E-state index contributed by atoms with van der Waals surface area (Å²) in [7, 11) is 4.12. The Kier molecular flexibility index (Phi) is 7.64. The third-order valence-corrected chi connectivity index (χ3v) is 1.78. The fourth-order valence-electron chi connectivity index (χ4n) is 1.04. The highest BCUT2D eigenvalue weighted by Gasteiger charge is 1.93. The molecule has 0 fully saturated rings. The maximum atomic E-state index is 4.21. The van der Waals surface area contributed by atoms with Crippen LogP contribution in [0.3, 0.4) is 0 Å². The summed E-state index contributed by atoms with van der Waals surface area (Å²) in [6, 6.07) is 4.05. The zero-order valence-corrected chi connectivity index (χ0v) is 10.5. The minimum Gasteiger partial charge on any atom is -0.369 e. The first-order valence-electron chi connectivity index (χ1n) is 5.50. The van der Waals surface area contributed by atoms with Gasteiger partial charge in [0, 0.05) is 19.3 Å². The second-order valence-corrected chi connectivity index (χ2v) is 3.45. The lowest BCUT2D eigenvalue weighted by atomic mass is 10.3. The van der Waals surface area contributed by atoms with Gasteiger partial charge in [0.1, 0.15) is 5.82 Å². The predicted molar refractivity (Wildman–Crippen MR) is 67.4 cm³/mol. The molecule has 86 valence electrons. The molecule has 0 saturated carbocycles. The van der Waals surface area contributed by atoms with Gasteiger partial charge in [-0.25, -0.2) is 4.98 Å². The molecule has 0 atom stereocenters. The molecular weight excluding hydrogens is 186 g/mol. The minimum atomic E-state index is 0.934. The number of likely N-dealkylation sites (N-methyl/N-ethyl adjacent to an activating group) is 1. The van der Waals surface area contributed by atoms with E-state index in [0.717, 1.165) is 18.9 Å². The van der Waals surface area contributed by atoms with Crippen LogP contribution < -0.4 is 5.32 Å². The number of rotatable bonds is 4. The highest BCUT2D eigenvalue weighted by molar-refractivity contribution is 5.36. The van der Waals surface area contributed by atoms with Gasteiger partial charge in [0.25, 0.3) is 0 Å². The van der Waals surface area contributed by atoms with Crippen molar-refractivity contribution in [2.75, 3.05) is 32.5 Å². The molecule has 1 aromatic heterocycles. The molecule has 3 heteroatoms. The number of aryl methyl sites for hydroxylation is 1. The Hall–Kier alpha value is -1.09. The molecule has 0 aliphatic heterocycles. The molecule has 3 nitrogen and oxygen atoms in total. The molecule has 0 aromatic carbocycles. The minimum absolute atomic E-state index is 0.934. The third-order valence-electron chi connectivity index (χ3n) is 1.78. The lowest BCUT2D eigenvalue weighted by Crippen LogP contribution is -2.21. The first-order chi connectivity index (χ1) is 7.18. The summed E-state index contributed by atoms with van der Waals surface area (Å²) >= 11 is 0. The molecule has 0 bridgehead atoms. The van der Waals surface area contributed by atoms with Gasteiger partial charge in [-0.2, -0.15) is 0 Å². The van der Waals surface area contributed by atoms with Crippen molar-refractivity contribution in [1.82, 2.24) is 9.88 Å². The van der Waals surface area contributed by atoms with Crippen LogP contribution in [0.1, 0.15) is 19.4 Å². The van der Waals surface area contributed by atoms with Crippen LogP contribution in [0.2, 0.25) is 0 Å². The lowest BCUT2D eigenvalue weighted by Gasteiger charge is -2.10. The van der Waals surface area contributed by atoms with Gasteiger partial charge in [0.15, 0.2) is 0 Å². The molecule has 1 heterocycles. The van der Waals surface area contributed by atoms with E-state index in [9.17, 15) is 0 Å². The standard InChI is InChI=1S/C10H17N3.C2H6/c1-9-4-5-11-10(8-9)12-6-7-13(2)3;1-2/h4-5,8H,6-7H2,1-3H3,(H,11,12);1-2H3. The van der Waals surface area contributed by atoms with E-state index in [2.05, 4.69) is 42.3 Å². The van der Waals surface area contributed by atoms with Gasteiger partial charge in [0.05, 0.1) is 0 Å². The molecule has 0 radical (unpaired) electrons. The molecule has 0 aliphatic rings. The summed E-state index contributed by atoms with van der Waals surface area (Å²) < 4.78 is 0. The highest BCUT2D eigenvalue weighted by atomic mass is 15.1. The van der Waals surface area contributed by atoms with E-state index in [1.165, 1.54) is 5.56 Å². The first-order valence-corrected chi connectivity index (χ1v) is 5.50. The first kappa shape index (κ1) is 13.9. The Bertz CT molecular complexity index is 259. The largest absolute Gasteiger partial charge is 0.369 e. The Morgan fingerprint density at radius 1 is 1.33 bits per heavy atom. The topological polar surface area (TPSA) is 28.2 Å². The van der Waals surface area contributed by atoms with Crippen LogP contribution in [0.4, 0.5) is 5.82 Å². The summed E-state index contributed by atoms with van der Waals surface area (Å²) in [5.41, 5.74) is 1.24. The Balaban J connectivity index is 0.000000921. The van der Waals surface area contributed by atoms with E-state index in [4.69, 9.17) is 0 Å². The summed E-state index contributed by atoms with van der Waals surface area (Å²) in [6.07, 6.45) is 1.83. The van der Waals surface area contributed by atoms with Crippen molar-refractivity contribution in [3.8, 4) is 0 Å². The van der Waals surface area contributed by atoms with Crippen LogP contribution in [0.15, 0.2) is 18.3 Å². The molecule has 0 saturated heterocycles. The number of nitrogens with one attached hydrogen (secondary N) is 1. The number of hydrogen-bond acceptors (Lipinski definition) is 3. The summed E-state index contributed by atoms with van der Waals surface area (Å²) in [4.78, 5) is 6.35. The average Bonchev–Trinajstić information content (AvgIpc) is 2.20. The summed E-state index contributed by atoms with van der Waals surface area (Å²) in [5, 5.41) is 3.26. The van der Waals surface area contributed by atoms with Crippen molar-refractivity contribution in [3.63, 3.8) is 0 Å². The Labute approximate surface area is 93.5 Å². The Morgan fingerprint density at radius 3 is 2.53 bits per heavy atom. The monoisotopic (exact) mass is 209 g/mol.